The minimum absolute atomic E-state index is 0.157. The topological polar surface area (TPSA) is 49.3 Å². The number of phenolic OH excluding ortho intramolecular Hbond substituents is 1. The average molecular weight is 320 g/mol. The van der Waals surface area contributed by atoms with Crippen LogP contribution in [0.2, 0.25) is 0 Å². The number of aromatic hydroxyl groups is 1. The van der Waals surface area contributed by atoms with Gasteiger partial charge in [0.25, 0.3) is 5.91 Å². The molecule has 0 atom stereocenters. The van der Waals surface area contributed by atoms with Crippen molar-refractivity contribution in [2.24, 2.45) is 0 Å². The van der Waals surface area contributed by atoms with Crippen LogP contribution in [0.25, 0.3) is 0 Å². The molecule has 0 saturated carbocycles. The fourth-order valence-electron chi connectivity index (χ4n) is 1.81. The van der Waals surface area contributed by atoms with Gasteiger partial charge in [0.1, 0.15) is 5.75 Å². The molecule has 0 spiro atoms. The van der Waals surface area contributed by atoms with Crippen LogP contribution >= 0.6 is 15.9 Å². The minimum atomic E-state index is -0.157. The van der Waals surface area contributed by atoms with E-state index in [4.69, 9.17) is 0 Å². The quantitative estimate of drug-likeness (QED) is 0.821. The number of carbonyl (C=O) groups is 1. The van der Waals surface area contributed by atoms with Crippen molar-refractivity contribution >= 4 is 27.5 Å². The molecule has 0 aliphatic heterocycles. The van der Waals surface area contributed by atoms with Crippen LogP contribution in [0.1, 0.15) is 21.5 Å². The number of halogens is 1. The van der Waals surface area contributed by atoms with Crippen molar-refractivity contribution in [2.45, 2.75) is 13.8 Å². The van der Waals surface area contributed by atoms with Gasteiger partial charge in [0.15, 0.2) is 0 Å². The van der Waals surface area contributed by atoms with Gasteiger partial charge in [0.05, 0.1) is 0 Å². The van der Waals surface area contributed by atoms with Gasteiger partial charge in [-0.2, -0.15) is 0 Å². The predicted octanol–water partition coefficient (Wildman–Crippen LogP) is 4.02. The molecule has 4 heteroatoms. The van der Waals surface area contributed by atoms with Gasteiger partial charge in [-0.3, -0.25) is 4.79 Å². The molecule has 19 heavy (non-hydrogen) atoms. The standard InChI is InChI=1S/C15H14BrNO2/c1-9-7-11(16)3-5-13(9)15(19)17-12-4-6-14(18)10(2)8-12/h3-8,18H,1-2H3,(H,17,19). The molecule has 0 aliphatic rings. The van der Waals surface area contributed by atoms with Crippen LogP contribution < -0.4 is 5.32 Å². The number of hydrogen-bond acceptors (Lipinski definition) is 2. The fourth-order valence-corrected chi connectivity index (χ4v) is 2.29. The molecule has 0 aliphatic carbocycles. The van der Waals surface area contributed by atoms with Crippen molar-refractivity contribution < 1.29 is 9.90 Å². The maximum absolute atomic E-state index is 12.2. The van der Waals surface area contributed by atoms with Crippen molar-refractivity contribution in [1.82, 2.24) is 0 Å². The number of hydrogen-bond donors (Lipinski definition) is 2. The summed E-state index contributed by atoms with van der Waals surface area (Å²) in [4.78, 5) is 12.2. The molecule has 0 unspecified atom stereocenters. The fraction of sp³-hybridized carbons (Fsp3) is 0.133. The largest absolute Gasteiger partial charge is 0.508 e. The molecule has 0 radical (unpaired) electrons. The summed E-state index contributed by atoms with van der Waals surface area (Å²) in [6, 6.07) is 10.5. The van der Waals surface area contributed by atoms with Gasteiger partial charge in [-0.15, -0.1) is 0 Å². The van der Waals surface area contributed by atoms with Crippen LogP contribution in [0, 0.1) is 13.8 Å². The Hall–Kier alpha value is -1.81. The highest BCUT2D eigenvalue weighted by atomic mass is 79.9. The zero-order chi connectivity index (χ0) is 14.0. The van der Waals surface area contributed by atoms with Gasteiger partial charge >= 0.3 is 0 Å². The molecular formula is C15H14BrNO2. The van der Waals surface area contributed by atoms with Gasteiger partial charge in [0.2, 0.25) is 0 Å². The summed E-state index contributed by atoms with van der Waals surface area (Å²) >= 11 is 3.37. The number of anilines is 1. The number of benzene rings is 2. The number of nitrogens with one attached hydrogen (secondary N) is 1. The van der Waals surface area contributed by atoms with Crippen LogP contribution in [0.15, 0.2) is 40.9 Å². The zero-order valence-electron chi connectivity index (χ0n) is 10.7. The lowest BCUT2D eigenvalue weighted by Gasteiger charge is -2.09. The second-order valence-corrected chi connectivity index (χ2v) is 5.33. The SMILES string of the molecule is Cc1cc(NC(=O)c2ccc(Br)cc2C)ccc1O. The van der Waals surface area contributed by atoms with E-state index in [1.807, 2.05) is 19.1 Å². The zero-order valence-corrected chi connectivity index (χ0v) is 12.3. The molecule has 2 N–H and O–H groups in total. The number of phenols is 1. The van der Waals surface area contributed by atoms with Gasteiger partial charge in [-0.05, 0) is 61.4 Å². The molecule has 2 aromatic carbocycles. The van der Waals surface area contributed by atoms with Crippen LogP contribution in [0.3, 0.4) is 0 Å². The summed E-state index contributed by atoms with van der Waals surface area (Å²) in [5.74, 6) is 0.0629. The first-order chi connectivity index (χ1) is 8.97. The Morgan fingerprint density at radius 3 is 2.47 bits per heavy atom. The Kier molecular flexibility index (Phi) is 3.90. The summed E-state index contributed by atoms with van der Waals surface area (Å²) in [6.07, 6.45) is 0. The number of rotatable bonds is 2. The summed E-state index contributed by atoms with van der Waals surface area (Å²) in [5.41, 5.74) is 2.93. The molecule has 0 fully saturated rings. The maximum Gasteiger partial charge on any atom is 0.255 e. The van der Waals surface area contributed by atoms with E-state index in [-0.39, 0.29) is 11.7 Å². The lowest BCUT2D eigenvalue weighted by molar-refractivity contribution is 0.102. The Labute approximate surface area is 120 Å². The Morgan fingerprint density at radius 2 is 1.84 bits per heavy atom. The van der Waals surface area contributed by atoms with Crippen molar-refractivity contribution in [2.75, 3.05) is 5.32 Å². The van der Waals surface area contributed by atoms with Crippen LogP contribution in [0.5, 0.6) is 5.75 Å². The molecule has 2 rings (SSSR count). The Balaban J connectivity index is 2.23. The van der Waals surface area contributed by atoms with E-state index in [0.29, 0.717) is 11.3 Å². The Bertz CT molecular complexity index is 638. The molecule has 98 valence electrons. The summed E-state index contributed by atoms with van der Waals surface area (Å²) in [6.45, 7) is 3.68. The summed E-state index contributed by atoms with van der Waals surface area (Å²) in [7, 11) is 0. The van der Waals surface area contributed by atoms with Gasteiger partial charge < -0.3 is 10.4 Å². The first-order valence-electron chi connectivity index (χ1n) is 5.84. The summed E-state index contributed by atoms with van der Waals surface area (Å²) < 4.78 is 0.946. The molecule has 0 saturated heterocycles. The first-order valence-corrected chi connectivity index (χ1v) is 6.64. The third-order valence-electron chi connectivity index (χ3n) is 2.89. The van der Waals surface area contributed by atoms with Gasteiger partial charge in [-0.25, -0.2) is 0 Å². The van der Waals surface area contributed by atoms with E-state index in [2.05, 4.69) is 21.2 Å². The molecule has 2 aromatic rings. The number of carbonyl (C=O) groups excluding carboxylic acids is 1. The molecule has 0 bridgehead atoms. The minimum Gasteiger partial charge on any atom is -0.508 e. The van der Waals surface area contributed by atoms with E-state index in [9.17, 15) is 9.90 Å². The van der Waals surface area contributed by atoms with Gasteiger partial charge in [-0.1, -0.05) is 15.9 Å². The molecular weight excluding hydrogens is 306 g/mol. The number of aryl methyl sites for hydroxylation is 2. The second kappa shape index (κ2) is 5.45. The van der Waals surface area contributed by atoms with E-state index in [1.165, 1.54) is 0 Å². The highest BCUT2D eigenvalue weighted by molar-refractivity contribution is 9.10. The van der Waals surface area contributed by atoms with Crippen molar-refractivity contribution in [3.05, 3.63) is 57.6 Å². The van der Waals surface area contributed by atoms with Crippen LogP contribution in [-0.2, 0) is 0 Å². The molecule has 0 heterocycles. The first kappa shape index (κ1) is 13.6. The smallest absolute Gasteiger partial charge is 0.255 e. The van der Waals surface area contributed by atoms with Crippen LogP contribution in [0.4, 0.5) is 5.69 Å². The van der Waals surface area contributed by atoms with Crippen LogP contribution in [-0.4, -0.2) is 11.0 Å². The average Bonchev–Trinajstić information content (AvgIpc) is 2.33. The van der Waals surface area contributed by atoms with Crippen molar-refractivity contribution in [1.29, 1.82) is 0 Å². The third kappa shape index (κ3) is 3.15. The second-order valence-electron chi connectivity index (χ2n) is 4.41. The van der Waals surface area contributed by atoms with Crippen molar-refractivity contribution in [3.63, 3.8) is 0 Å². The maximum atomic E-state index is 12.2. The normalized spacial score (nSPS) is 10.3. The lowest BCUT2D eigenvalue weighted by atomic mass is 10.1. The van der Waals surface area contributed by atoms with E-state index >= 15 is 0 Å². The van der Waals surface area contributed by atoms with E-state index in [1.54, 1.807) is 31.2 Å². The highest BCUT2D eigenvalue weighted by Gasteiger charge is 2.10. The molecule has 3 nitrogen and oxygen atoms in total. The van der Waals surface area contributed by atoms with E-state index in [0.717, 1.165) is 15.6 Å². The highest BCUT2D eigenvalue weighted by Crippen LogP contribution is 2.22. The predicted molar refractivity (Wildman–Crippen MR) is 79.7 cm³/mol. The van der Waals surface area contributed by atoms with E-state index < -0.39 is 0 Å². The molecule has 1 amide bonds. The van der Waals surface area contributed by atoms with Gasteiger partial charge in [0, 0.05) is 15.7 Å². The third-order valence-corrected chi connectivity index (χ3v) is 3.38. The lowest BCUT2D eigenvalue weighted by Crippen LogP contribution is -2.13. The number of amides is 1. The molecule has 0 aromatic heterocycles. The summed E-state index contributed by atoms with van der Waals surface area (Å²) in [5, 5.41) is 12.3. The Morgan fingerprint density at radius 1 is 1.11 bits per heavy atom. The monoisotopic (exact) mass is 319 g/mol. The van der Waals surface area contributed by atoms with Crippen molar-refractivity contribution in [3.8, 4) is 5.75 Å².